The van der Waals surface area contributed by atoms with E-state index in [0.29, 0.717) is 29.6 Å². The summed E-state index contributed by atoms with van der Waals surface area (Å²) in [5.74, 6) is -0.388. The predicted molar refractivity (Wildman–Crippen MR) is 145 cm³/mol. The summed E-state index contributed by atoms with van der Waals surface area (Å²) in [6.07, 6.45) is -1.05. The standard InChI is InChI=1S/C22H22F2N4O2.C5H4F3N3O/c1-4-5-13(23)11-28-7-6-12-8-15(17(24)9-14(12)20(28)29)18-25-10-16-19(26-18)27-21(30)22(16,2)3;6-5(7,8)3-2(9)1-10-11-4(3)12/h6-10,13H,4-5,11H2,1-3H3,(H,25,26,27,30);1H,(H3,9,11,12). The highest BCUT2D eigenvalue weighted by Gasteiger charge is 2.40. The van der Waals surface area contributed by atoms with Crippen molar-refractivity contribution >= 4 is 28.2 Å². The van der Waals surface area contributed by atoms with Gasteiger partial charge in [0.1, 0.15) is 23.4 Å². The first-order valence-electron chi connectivity index (χ1n) is 12.7. The van der Waals surface area contributed by atoms with Gasteiger partial charge in [0.2, 0.25) is 5.91 Å². The maximum atomic E-state index is 14.9. The molecule has 1 atom stereocenters. The molecule has 1 amide bonds. The number of anilines is 2. The second-order valence-electron chi connectivity index (χ2n) is 10.1. The van der Waals surface area contributed by atoms with E-state index < -0.39 is 45.9 Å². The van der Waals surface area contributed by atoms with E-state index in [1.165, 1.54) is 23.0 Å². The van der Waals surface area contributed by atoms with Gasteiger partial charge in [0.05, 0.1) is 34.8 Å². The summed E-state index contributed by atoms with van der Waals surface area (Å²) in [5.41, 5.74) is 1.06. The molecule has 4 heterocycles. The van der Waals surface area contributed by atoms with Crippen molar-refractivity contribution in [2.75, 3.05) is 11.1 Å². The van der Waals surface area contributed by atoms with Crippen molar-refractivity contribution in [3.8, 4) is 11.4 Å². The summed E-state index contributed by atoms with van der Waals surface area (Å²) in [5, 5.41) is 8.11. The number of nitrogen functional groups attached to an aromatic ring is 1. The number of alkyl halides is 4. The van der Waals surface area contributed by atoms with Crippen LogP contribution in [0.25, 0.3) is 22.2 Å². The van der Waals surface area contributed by atoms with Crippen molar-refractivity contribution in [3.05, 3.63) is 74.4 Å². The third kappa shape index (κ3) is 5.85. The van der Waals surface area contributed by atoms with Crippen molar-refractivity contribution in [2.45, 2.75) is 57.9 Å². The van der Waals surface area contributed by atoms with E-state index in [-0.39, 0.29) is 29.2 Å². The highest BCUT2D eigenvalue weighted by atomic mass is 19.4. The Morgan fingerprint density at radius 3 is 2.48 bits per heavy atom. The summed E-state index contributed by atoms with van der Waals surface area (Å²) in [4.78, 5) is 43.9. The Morgan fingerprint density at radius 1 is 1.14 bits per heavy atom. The van der Waals surface area contributed by atoms with Crippen LogP contribution in [0, 0.1) is 5.82 Å². The van der Waals surface area contributed by atoms with Crippen molar-refractivity contribution in [1.82, 2.24) is 24.7 Å². The van der Waals surface area contributed by atoms with Crippen molar-refractivity contribution in [1.29, 1.82) is 0 Å². The number of halogens is 5. The molecule has 0 saturated heterocycles. The van der Waals surface area contributed by atoms with Crippen molar-refractivity contribution in [2.24, 2.45) is 0 Å². The Morgan fingerprint density at radius 2 is 1.86 bits per heavy atom. The fourth-order valence-corrected chi connectivity index (χ4v) is 4.39. The summed E-state index contributed by atoms with van der Waals surface area (Å²) >= 11 is 0. The smallest absolute Gasteiger partial charge is 0.397 e. The van der Waals surface area contributed by atoms with E-state index in [1.807, 2.05) is 6.92 Å². The molecule has 0 fully saturated rings. The summed E-state index contributed by atoms with van der Waals surface area (Å²) in [6, 6.07) is 4.28. The molecule has 0 radical (unpaired) electrons. The summed E-state index contributed by atoms with van der Waals surface area (Å²) in [6.45, 7) is 5.35. The Labute approximate surface area is 234 Å². The molecule has 15 heteroatoms. The van der Waals surface area contributed by atoms with E-state index in [4.69, 9.17) is 5.73 Å². The van der Waals surface area contributed by atoms with Gasteiger partial charge < -0.3 is 15.6 Å². The molecule has 0 aliphatic carbocycles. The van der Waals surface area contributed by atoms with Gasteiger partial charge in [-0.25, -0.2) is 23.8 Å². The van der Waals surface area contributed by atoms with Crippen LogP contribution < -0.4 is 22.2 Å². The van der Waals surface area contributed by atoms with Crippen LogP contribution in [-0.2, 0) is 22.9 Å². The molecule has 4 N–H and O–H groups in total. The number of rotatable bonds is 5. The topological polar surface area (TPSA) is 149 Å². The lowest BCUT2D eigenvalue weighted by Crippen LogP contribution is -2.26. The van der Waals surface area contributed by atoms with E-state index in [9.17, 15) is 36.3 Å². The number of nitrogens with one attached hydrogen (secondary N) is 2. The zero-order chi connectivity index (χ0) is 31.0. The molecule has 5 rings (SSSR count). The number of aromatic amines is 1. The SMILES string of the molecule is CCCC(F)Cn1ccc2cc(-c3ncc4c(n3)NC(=O)C4(C)C)c(F)cc2c1=O.Nc1cn[nH]c(=O)c1C(F)(F)F. The molecule has 4 aromatic rings. The third-order valence-electron chi connectivity index (χ3n) is 6.73. The first kappa shape index (κ1) is 30.3. The highest BCUT2D eigenvalue weighted by Crippen LogP contribution is 2.37. The van der Waals surface area contributed by atoms with Crippen LogP contribution in [0.15, 0.2) is 46.4 Å². The second-order valence-corrected chi connectivity index (χ2v) is 10.1. The molecule has 0 saturated carbocycles. The van der Waals surface area contributed by atoms with Gasteiger partial charge in [-0.1, -0.05) is 13.3 Å². The molecule has 0 spiro atoms. The van der Waals surface area contributed by atoms with Crippen LogP contribution >= 0.6 is 0 Å². The van der Waals surface area contributed by atoms with Gasteiger partial charge in [-0.15, -0.1) is 0 Å². The Hall–Kier alpha value is -4.69. The Bertz CT molecular complexity index is 1780. The maximum absolute atomic E-state index is 14.9. The lowest BCUT2D eigenvalue weighted by Gasteiger charge is -2.14. The van der Waals surface area contributed by atoms with Crippen LogP contribution in [0.2, 0.25) is 0 Å². The van der Waals surface area contributed by atoms with Crippen LogP contribution in [0.5, 0.6) is 0 Å². The number of hydrogen-bond donors (Lipinski definition) is 3. The predicted octanol–water partition coefficient (Wildman–Crippen LogP) is 4.34. The van der Waals surface area contributed by atoms with Gasteiger partial charge in [0.15, 0.2) is 5.82 Å². The number of H-pyrrole nitrogens is 1. The molecule has 1 aliphatic heterocycles. The number of benzene rings is 1. The third-order valence-corrected chi connectivity index (χ3v) is 6.73. The van der Waals surface area contributed by atoms with Crippen LogP contribution in [0.3, 0.4) is 0 Å². The molecule has 222 valence electrons. The zero-order valence-corrected chi connectivity index (χ0v) is 22.6. The van der Waals surface area contributed by atoms with Gasteiger partial charge in [-0.3, -0.25) is 14.4 Å². The van der Waals surface area contributed by atoms with Gasteiger partial charge in [-0.05, 0) is 43.9 Å². The molecule has 1 aliphatic rings. The Kier molecular flexibility index (Phi) is 8.14. The number of pyridine rings is 1. The molecule has 1 aromatic carbocycles. The number of amides is 1. The number of fused-ring (bicyclic) bond motifs is 2. The lowest BCUT2D eigenvalue weighted by molar-refractivity contribution is -0.138. The largest absolute Gasteiger partial charge is 0.423 e. The minimum atomic E-state index is -4.74. The minimum absolute atomic E-state index is 0.0601. The molecular weight excluding hydrogens is 565 g/mol. The second kappa shape index (κ2) is 11.3. The highest BCUT2D eigenvalue weighted by molar-refractivity contribution is 6.04. The molecular formula is C27H26F5N7O3. The number of carbonyl (C=O) groups is 1. The number of nitrogens with two attached hydrogens (primary N) is 1. The average Bonchev–Trinajstić information content (AvgIpc) is 3.12. The van der Waals surface area contributed by atoms with E-state index in [1.54, 1.807) is 25.0 Å². The number of carbonyl (C=O) groups excluding carboxylic acids is 1. The van der Waals surface area contributed by atoms with Crippen LogP contribution in [0.1, 0.15) is 44.7 Å². The van der Waals surface area contributed by atoms with Gasteiger partial charge in [0.25, 0.3) is 11.1 Å². The quantitative estimate of drug-likeness (QED) is 0.293. The number of nitrogens with zero attached hydrogens (tertiary/aromatic N) is 4. The number of hydrogen-bond acceptors (Lipinski definition) is 7. The Balaban J connectivity index is 0.000000283. The molecule has 1 unspecified atom stereocenters. The first-order chi connectivity index (χ1) is 19.6. The first-order valence-corrected chi connectivity index (χ1v) is 12.7. The molecule has 10 nitrogen and oxygen atoms in total. The normalized spacial score (nSPS) is 14.6. The monoisotopic (exact) mass is 591 g/mol. The minimum Gasteiger partial charge on any atom is -0.397 e. The van der Waals surface area contributed by atoms with Crippen molar-refractivity contribution < 1.29 is 26.7 Å². The molecule has 3 aromatic heterocycles. The maximum Gasteiger partial charge on any atom is 0.423 e. The number of aromatic nitrogens is 5. The van der Waals surface area contributed by atoms with Gasteiger partial charge in [-0.2, -0.15) is 18.3 Å². The van der Waals surface area contributed by atoms with Crippen LogP contribution in [0.4, 0.5) is 33.5 Å². The zero-order valence-electron chi connectivity index (χ0n) is 22.6. The fourth-order valence-electron chi connectivity index (χ4n) is 4.39. The molecule has 42 heavy (non-hydrogen) atoms. The van der Waals surface area contributed by atoms with Gasteiger partial charge in [0, 0.05) is 18.0 Å². The van der Waals surface area contributed by atoms with Gasteiger partial charge >= 0.3 is 6.18 Å². The van der Waals surface area contributed by atoms with E-state index >= 15 is 0 Å². The lowest BCUT2D eigenvalue weighted by atomic mass is 9.88. The average molecular weight is 592 g/mol. The fraction of sp³-hybridized carbons (Fsp3) is 0.333. The molecule has 0 bridgehead atoms. The summed E-state index contributed by atoms with van der Waals surface area (Å²) < 4.78 is 66.1. The van der Waals surface area contributed by atoms with Crippen LogP contribution in [-0.4, -0.2) is 36.8 Å². The van der Waals surface area contributed by atoms with E-state index in [2.05, 4.69) is 20.4 Å². The van der Waals surface area contributed by atoms with E-state index in [0.717, 1.165) is 12.3 Å². The summed E-state index contributed by atoms with van der Waals surface area (Å²) in [7, 11) is 0. The van der Waals surface area contributed by atoms with Crippen molar-refractivity contribution in [3.63, 3.8) is 0 Å².